The Balaban J connectivity index is 1.36. The van der Waals surface area contributed by atoms with E-state index >= 15 is 0 Å². The fraction of sp³-hybridized carbons (Fsp3) is 0.310. The summed E-state index contributed by atoms with van der Waals surface area (Å²) in [4.78, 5) is 28.3. The van der Waals surface area contributed by atoms with Crippen LogP contribution in [0.1, 0.15) is 53.2 Å². The highest BCUT2D eigenvalue weighted by atomic mass is 16.2. The van der Waals surface area contributed by atoms with Gasteiger partial charge in [-0.1, -0.05) is 54.6 Å². The Bertz CT molecular complexity index is 1210. The van der Waals surface area contributed by atoms with E-state index in [1.807, 2.05) is 50.2 Å². The number of anilines is 2. The molecular formula is C29H31N3O2. The second kappa shape index (κ2) is 9.34. The van der Waals surface area contributed by atoms with Crippen molar-refractivity contribution in [3.63, 3.8) is 0 Å². The highest BCUT2D eigenvalue weighted by Crippen LogP contribution is 2.48. The molecule has 0 spiro atoms. The third-order valence-corrected chi connectivity index (χ3v) is 6.75. The number of carbonyl (C=O) groups is 2. The topological polar surface area (TPSA) is 61.4 Å². The number of carbonyl (C=O) groups excluding carboxylic acids is 2. The molecule has 0 aromatic heterocycles. The Morgan fingerprint density at radius 3 is 2.44 bits per heavy atom. The Hall–Kier alpha value is -3.60. The summed E-state index contributed by atoms with van der Waals surface area (Å²) in [6.07, 6.45) is 1.81. The number of hydrogen-bond donors (Lipinski definition) is 2. The molecule has 34 heavy (non-hydrogen) atoms. The zero-order valence-electron chi connectivity index (χ0n) is 19.8. The molecule has 174 valence electrons. The van der Waals surface area contributed by atoms with E-state index in [0.29, 0.717) is 11.3 Å². The van der Waals surface area contributed by atoms with Crippen molar-refractivity contribution in [3.05, 3.63) is 95.1 Å². The molecule has 1 aliphatic heterocycles. The first-order valence-electron chi connectivity index (χ1n) is 12.1. The van der Waals surface area contributed by atoms with E-state index in [1.54, 1.807) is 0 Å². The van der Waals surface area contributed by atoms with Gasteiger partial charge in [-0.05, 0) is 67.5 Å². The van der Waals surface area contributed by atoms with E-state index in [0.717, 1.165) is 31.6 Å². The number of benzene rings is 3. The van der Waals surface area contributed by atoms with Crippen molar-refractivity contribution < 1.29 is 9.59 Å². The fourth-order valence-electron chi connectivity index (χ4n) is 4.90. The van der Waals surface area contributed by atoms with Crippen LogP contribution >= 0.6 is 0 Å². The van der Waals surface area contributed by atoms with Crippen LogP contribution in [-0.4, -0.2) is 24.4 Å². The average molecular weight is 454 g/mol. The number of nitrogens with zero attached hydrogens (tertiary/aromatic N) is 1. The van der Waals surface area contributed by atoms with Crippen molar-refractivity contribution in [2.24, 2.45) is 5.92 Å². The zero-order chi connectivity index (χ0) is 23.7. The van der Waals surface area contributed by atoms with Crippen LogP contribution in [0, 0.1) is 5.92 Å². The number of nitrogens with one attached hydrogen (secondary N) is 2. The molecule has 1 heterocycles. The Labute approximate surface area is 201 Å². The maximum absolute atomic E-state index is 13.1. The molecule has 1 fully saturated rings. The Morgan fingerprint density at radius 2 is 1.68 bits per heavy atom. The lowest BCUT2D eigenvalue weighted by Gasteiger charge is -2.32. The standard InChI is InChI=1S/C29H31N3O2/c1-19(2)30-29(34)26-16-23(31-28(33)25-17-24(25)21-9-4-3-5-10-21)12-13-27(26)32-15-14-20-8-6-7-11-22(20)18-32/h3-13,16,19,24-25H,14-15,17-18H2,1-2H3,(H,30,34)(H,31,33). The third-order valence-electron chi connectivity index (χ3n) is 6.75. The first kappa shape index (κ1) is 22.2. The highest BCUT2D eigenvalue weighted by molar-refractivity contribution is 6.03. The average Bonchev–Trinajstić information content (AvgIpc) is 3.65. The molecule has 0 saturated heterocycles. The van der Waals surface area contributed by atoms with Gasteiger partial charge in [0, 0.05) is 36.4 Å². The normalized spacial score (nSPS) is 18.9. The van der Waals surface area contributed by atoms with Gasteiger partial charge in [-0.25, -0.2) is 0 Å². The Morgan fingerprint density at radius 1 is 0.941 bits per heavy atom. The lowest BCUT2D eigenvalue weighted by molar-refractivity contribution is -0.117. The smallest absolute Gasteiger partial charge is 0.253 e. The first-order chi connectivity index (χ1) is 16.5. The molecule has 3 aromatic rings. The largest absolute Gasteiger partial charge is 0.366 e. The summed E-state index contributed by atoms with van der Waals surface area (Å²) in [6, 6.07) is 24.4. The fourth-order valence-corrected chi connectivity index (χ4v) is 4.90. The lowest BCUT2D eigenvalue weighted by Crippen LogP contribution is -2.35. The summed E-state index contributed by atoms with van der Waals surface area (Å²) in [5, 5.41) is 6.08. The van der Waals surface area contributed by atoms with Crippen LogP contribution in [0.25, 0.3) is 0 Å². The molecule has 2 aliphatic rings. The molecule has 3 aromatic carbocycles. The van der Waals surface area contributed by atoms with Gasteiger partial charge in [0.1, 0.15) is 0 Å². The van der Waals surface area contributed by atoms with E-state index in [-0.39, 0.29) is 29.7 Å². The molecular weight excluding hydrogens is 422 g/mol. The van der Waals surface area contributed by atoms with E-state index in [9.17, 15) is 9.59 Å². The summed E-state index contributed by atoms with van der Waals surface area (Å²) in [5.74, 6) is 0.156. The van der Waals surface area contributed by atoms with E-state index in [4.69, 9.17) is 0 Å². The lowest BCUT2D eigenvalue weighted by atomic mass is 9.98. The predicted octanol–water partition coefficient (Wildman–Crippen LogP) is 5.13. The number of rotatable bonds is 6. The van der Waals surface area contributed by atoms with Crippen molar-refractivity contribution in [3.8, 4) is 0 Å². The van der Waals surface area contributed by atoms with Crippen LogP contribution in [0.3, 0.4) is 0 Å². The van der Waals surface area contributed by atoms with Gasteiger partial charge in [0.25, 0.3) is 5.91 Å². The quantitative estimate of drug-likeness (QED) is 0.544. The van der Waals surface area contributed by atoms with Crippen LogP contribution < -0.4 is 15.5 Å². The van der Waals surface area contributed by atoms with Gasteiger partial charge in [-0.15, -0.1) is 0 Å². The molecule has 2 N–H and O–H groups in total. The summed E-state index contributed by atoms with van der Waals surface area (Å²) >= 11 is 0. The molecule has 5 nitrogen and oxygen atoms in total. The minimum absolute atomic E-state index is 0.0173. The monoisotopic (exact) mass is 453 g/mol. The molecule has 5 rings (SSSR count). The van der Waals surface area contributed by atoms with Crippen molar-refractivity contribution >= 4 is 23.2 Å². The minimum atomic E-state index is -0.117. The van der Waals surface area contributed by atoms with Gasteiger partial charge in [-0.2, -0.15) is 0 Å². The predicted molar refractivity (Wildman–Crippen MR) is 136 cm³/mol. The van der Waals surface area contributed by atoms with Crippen LogP contribution in [0.2, 0.25) is 0 Å². The molecule has 5 heteroatoms. The zero-order valence-corrected chi connectivity index (χ0v) is 19.8. The number of hydrogen-bond acceptors (Lipinski definition) is 3. The molecule has 2 amide bonds. The summed E-state index contributed by atoms with van der Waals surface area (Å²) in [6.45, 7) is 5.53. The maximum Gasteiger partial charge on any atom is 0.253 e. The van der Waals surface area contributed by atoms with Gasteiger partial charge < -0.3 is 15.5 Å². The van der Waals surface area contributed by atoms with Crippen molar-refractivity contribution in [2.75, 3.05) is 16.8 Å². The van der Waals surface area contributed by atoms with Gasteiger partial charge in [0.05, 0.1) is 5.56 Å². The van der Waals surface area contributed by atoms with Crippen molar-refractivity contribution in [1.82, 2.24) is 5.32 Å². The summed E-state index contributed by atoms with van der Waals surface area (Å²) in [7, 11) is 0. The van der Waals surface area contributed by atoms with Crippen LogP contribution in [0.5, 0.6) is 0 Å². The van der Waals surface area contributed by atoms with Crippen LogP contribution in [0.4, 0.5) is 11.4 Å². The molecule has 0 bridgehead atoms. The minimum Gasteiger partial charge on any atom is -0.366 e. The van der Waals surface area contributed by atoms with Gasteiger partial charge >= 0.3 is 0 Å². The second-order valence-electron chi connectivity index (χ2n) is 9.65. The van der Waals surface area contributed by atoms with Crippen molar-refractivity contribution in [1.29, 1.82) is 0 Å². The molecule has 2 atom stereocenters. The van der Waals surface area contributed by atoms with Crippen LogP contribution in [-0.2, 0) is 17.8 Å². The molecule has 2 unspecified atom stereocenters. The summed E-state index contributed by atoms with van der Waals surface area (Å²) in [5.41, 5.74) is 6.04. The third kappa shape index (κ3) is 4.69. The van der Waals surface area contributed by atoms with Gasteiger partial charge in [0.15, 0.2) is 0 Å². The van der Waals surface area contributed by atoms with E-state index in [2.05, 4.69) is 51.9 Å². The highest BCUT2D eigenvalue weighted by Gasteiger charge is 2.43. The van der Waals surface area contributed by atoms with Gasteiger partial charge in [0.2, 0.25) is 5.91 Å². The molecule has 1 aliphatic carbocycles. The maximum atomic E-state index is 13.1. The first-order valence-corrected chi connectivity index (χ1v) is 12.1. The number of amides is 2. The number of fused-ring (bicyclic) bond motifs is 1. The SMILES string of the molecule is CC(C)NC(=O)c1cc(NC(=O)C2CC2c2ccccc2)ccc1N1CCc2ccccc2C1. The second-order valence-corrected chi connectivity index (χ2v) is 9.65. The molecule has 1 saturated carbocycles. The van der Waals surface area contributed by atoms with Crippen molar-refractivity contribution in [2.45, 2.75) is 45.2 Å². The summed E-state index contributed by atoms with van der Waals surface area (Å²) < 4.78 is 0. The van der Waals surface area contributed by atoms with Crippen LogP contribution in [0.15, 0.2) is 72.8 Å². The Kier molecular flexibility index (Phi) is 6.10. The van der Waals surface area contributed by atoms with Gasteiger partial charge in [-0.3, -0.25) is 9.59 Å². The van der Waals surface area contributed by atoms with E-state index in [1.165, 1.54) is 16.7 Å². The molecule has 0 radical (unpaired) electrons. The van der Waals surface area contributed by atoms with E-state index < -0.39 is 0 Å².